The Kier molecular flexibility index (Phi) is 6.67. The number of aliphatic imine (C=N–C) groups is 1. The van der Waals surface area contributed by atoms with Crippen molar-refractivity contribution in [3.05, 3.63) is 21.9 Å². The lowest BCUT2D eigenvalue weighted by Gasteiger charge is -2.36. The summed E-state index contributed by atoms with van der Waals surface area (Å²) in [5.74, 6) is 0.883. The molecule has 0 saturated carbocycles. The van der Waals surface area contributed by atoms with Crippen LogP contribution in [0.5, 0.6) is 0 Å². The summed E-state index contributed by atoms with van der Waals surface area (Å²) < 4.78 is 0. The molecule has 6 heteroatoms. The molecule has 1 aliphatic heterocycles. The van der Waals surface area contributed by atoms with Gasteiger partial charge in [0.05, 0.1) is 6.54 Å². The van der Waals surface area contributed by atoms with Crippen molar-refractivity contribution in [2.24, 2.45) is 4.99 Å². The van der Waals surface area contributed by atoms with E-state index in [9.17, 15) is 0 Å². The SMILES string of the molecule is CN=C(NCc1sccc1C)NCC(C)N1CCN(C)CC1. The second-order valence-corrected chi connectivity index (χ2v) is 7.02. The lowest BCUT2D eigenvalue weighted by atomic mass is 10.2. The third kappa shape index (κ3) is 4.97. The predicted octanol–water partition coefficient (Wildman–Crippen LogP) is 1.36. The third-order valence-corrected chi connectivity index (χ3v) is 5.36. The predicted molar refractivity (Wildman–Crippen MR) is 95.8 cm³/mol. The number of aryl methyl sites for hydroxylation is 1. The van der Waals surface area contributed by atoms with Crippen LogP contribution in [0.25, 0.3) is 0 Å². The lowest BCUT2D eigenvalue weighted by Crippen LogP contribution is -2.52. The van der Waals surface area contributed by atoms with Crippen molar-refractivity contribution >= 4 is 17.3 Å². The second-order valence-electron chi connectivity index (χ2n) is 6.02. The van der Waals surface area contributed by atoms with Crippen molar-refractivity contribution in [3.63, 3.8) is 0 Å². The number of thiophene rings is 1. The van der Waals surface area contributed by atoms with Crippen LogP contribution in [0.3, 0.4) is 0 Å². The van der Waals surface area contributed by atoms with Crippen LogP contribution in [-0.4, -0.2) is 68.6 Å². The van der Waals surface area contributed by atoms with E-state index < -0.39 is 0 Å². The second kappa shape index (κ2) is 8.50. The fraction of sp³-hybridized carbons (Fsp3) is 0.688. The zero-order valence-electron chi connectivity index (χ0n) is 14.2. The van der Waals surface area contributed by atoms with Gasteiger partial charge >= 0.3 is 0 Å². The summed E-state index contributed by atoms with van der Waals surface area (Å²) in [4.78, 5) is 10.6. The molecule has 2 rings (SSSR count). The Bertz CT molecular complexity index is 477. The molecule has 1 atom stereocenters. The van der Waals surface area contributed by atoms with E-state index in [1.165, 1.54) is 10.4 Å². The Labute approximate surface area is 138 Å². The number of hydrogen-bond acceptors (Lipinski definition) is 4. The van der Waals surface area contributed by atoms with E-state index in [-0.39, 0.29) is 0 Å². The highest BCUT2D eigenvalue weighted by Gasteiger charge is 2.19. The minimum atomic E-state index is 0.524. The van der Waals surface area contributed by atoms with Gasteiger partial charge in [-0.05, 0) is 37.9 Å². The summed E-state index contributed by atoms with van der Waals surface area (Å²) in [6.07, 6.45) is 0. The van der Waals surface area contributed by atoms with Gasteiger partial charge < -0.3 is 15.5 Å². The first-order valence-electron chi connectivity index (χ1n) is 8.00. The van der Waals surface area contributed by atoms with Gasteiger partial charge in [-0.15, -0.1) is 11.3 Å². The Balaban J connectivity index is 1.73. The molecule has 1 aromatic rings. The average Bonchev–Trinajstić information content (AvgIpc) is 2.93. The topological polar surface area (TPSA) is 42.9 Å². The molecule has 2 N–H and O–H groups in total. The normalized spacial score (nSPS) is 19.2. The molecule has 1 aromatic heterocycles. The van der Waals surface area contributed by atoms with E-state index in [2.05, 4.69) is 57.8 Å². The minimum Gasteiger partial charge on any atom is -0.355 e. The molecule has 0 spiro atoms. The van der Waals surface area contributed by atoms with Crippen molar-refractivity contribution < 1.29 is 0 Å². The summed E-state index contributed by atoms with van der Waals surface area (Å²) in [6.45, 7) is 10.8. The number of rotatable bonds is 5. The first-order valence-corrected chi connectivity index (χ1v) is 8.88. The maximum atomic E-state index is 4.32. The Morgan fingerprint density at radius 2 is 2.05 bits per heavy atom. The molecule has 1 unspecified atom stereocenters. The Hall–Kier alpha value is -1.11. The molecule has 1 fully saturated rings. The van der Waals surface area contributed by atoms with E-state index in [1.54, 1.807) is 11.3 Å². The maximum absolute atomic E-state index is 4.32. The first-order chi connectivity index (χ1) is 10.6. The molecule has 22 heavy (non-hydrogen) atoms. The molecule has 1 saturated heterocycles. The average molecular weight is 324 g/mol. The zero-order chi connectivity index (χ0) is 15.9. The number of nitrogens with zero attached hydrogens (tertiary/aromatic N) is 3. The minimum absolute atomic E-state index is 0.524. The number of nitrogens with one attached hydrogen (secondary N) is 2. The van der Waals surface area contributed by atoms with Crippen LogP contribution in [0.1, 0.15) is 17.4 Å². The van der Waals surface area contributed by atoms with Crippen LogP contribution in [-0.2, 0) is 6.54 Å². The van der Waals surface area contributed by atoms with Gasteiger partial charge in [0.2, 0.25) is 0 Å². The number of guanidine groups is 1. The summed E-state index contributed by atoms with van der Waals surface area (Å²) in [5, 5.41) is 8.99. The van der Waals surface area contributed by atoms with Gasteiger partial charge in [-0.3, -0.25) is 9.89 Å². The molecule has 2 heterocycles. The smallest absolute Gasteiger partial charge is 0.191 e. The Morgan fingerprint density at radius 3 is 2.64 bits per heavy atom. The summed E-state index contributed by atoms with van der Waals surface area (Å²) >= 11 is 1.79. The van der Waals surface area contributed by atoms with Crippen molar-refractivity contribution in [3.8, 4) is 0 Å². The van der Waals surface area contributed by atoms with Gasteiger partial charge in [0, 0.05) is 50.7 Å². The molecule has 0 radical (unpaired) electrons. The van der Waals surface area contributed by atoms with Crippen LogP contribution in [0, 0.1) is 6.92 Å². The van der Waals surface area contributed by atoms with Gasteiger partial charge in [0.25, 0.3) is 0 Å². The van der Waals surface area contributed by atoms with Gasteiger partial charge in [0.1, 0.15) is 0 Å². The molecule has 0 amide bonds. The van der Waals surface area contributed by atoms with E-state index in [0.717, 1.165) is 45.2 Å². The highest BCUT2D eigenvalue weighted by molar-refractivity contribution is 7.10. The molecule has 1 aliphatic rings. The molecule has 0 bridgehead atoms. The van der Waals surface area contributed by atoms with Crippen molar-refractivity contribution in [2.75, 3.05) is 46.8 Å². The highest BCUT2D eigenvalue weighted by atomic mass is 32.1. The third-order valence-electron chi connectivity index (χ3n) is 4.33. The van der Waals surface area contributed by atoms with Gasteiger partial charge in [0.15, 0.2) is 5.96 Å². The van der Waals surface area contributed by atoms with E-state index in [1.807, 2.05) is 7.05 Å². The highest BCUT2D eigenvalue weighted by Crippen LogP contribution is 2.14. The molecule has 0 aromatic carbocycles. The van der Waals surface area contributed by atoms with Crippen molar-refractivity contribution in [1.29, 1.82) is 0 Å². The van der Waals surface area contributed by atoms with Crippen LogP contribution in [0.4, 0.5) is 0 Å². The maximum Gasteiger partial charge on any atom is 0.191 e. The molecular formula is C16H29N5S. The fourth-order valence-corrected chi connectivity index (χ4v) is 3.45. The van der Waals surface area contributed by atoms with Crippen molar-refractivity contribution in [1.82, 2.24) is 20.4 Å². The van der Waals surface area contributed by atoms with E-state index in [0.29, 0.717) is 6.04 Å². The van der Waals surface area contributed by atoms with Gasteiger partial charge in [-0.1, -0.05) is 0 Å². The van der Waals surface area contributed by atoms with Crippen molar-refractivity contribution in [2.45, 2.75) is 26.4 Å². The van der Waals surface area contributed by atoms with E-state index >= 15 is 0 Å². The standard InChI is InChI=1S/C16H29N5S/c1-13-5-10-22-15(13)12-19-16(17-3)18-11-14(2)21-8-6-20(4)7-9-21/h5,10,14H,6-9,11-12H2,1-4H3,(H2,17,18,19). The fourth-order valence-electron chi connectivity index (χ4n) is 2.61. The number of likely N-dealkylation sites (N-methyl/N-ethyl adjacent to an activating group) is 1. The zero-order valence-corrected chi connectivity index (χ0v) is 15.0. The largest absolute Gasteiger partial charge is 0.355 e. The molecular weight excluding hydrogens is 294 g/mol. The lowest BCUT2D eigenvalue weighted by molar-refractivity contribution is 0.120. The molecule has 0 aliphatic carbocycles. The molecule has 5 nitrogen and oxygen atoms in total. The van der Waals surface area contributed by atoms with E-state index in [4.69, 9.17) is 0 Å². The van der Waals surface area contributed by atoms with Crippen LogP contribution < -0.4 is 10.6 Å². The van der Waals surface area contributed by atoms with Gasteiger partial charge in [-0.2, -0.15) is 0 Å². The van der Waals surface area contributed by atoms with Crippen LogP contribution in [0.2, 0.25) is 0 Å². The van der Waals surface area contributed by atoms with Crippen LogP contribution in [0.15, 0.2) is 16.4 Å². The Morgan fingerprint density at radius 1 is 1.32 bits per heavy atom. The number of piperazine rings is 1. The quantitative estimate of drug-likeness (QED) is 0.634. The first kappa shape index (κ1) is 17.2. The van der Waals surface area contributed by atoms with Crippen LogP contribution >= 0.6 is 11.3 Å². The summed E-state index contributed by atoms with van der Waals surface area (Å²) in [5.41, 5.74) is 1.35. The summed E-state index contributed by atoms with van der Waals surface area (Å²) in [7, 11) is 4.02. The summed E-state index contributed by atoms with van der Waals surface area (Å²) in [6, 6.07) is 2.68. The monoisotopic (exact) mass is 323 g/mol. The number of hydrogen-bond donors (Lipinski definition) is 2. The van der Waals surface area contributed by atoms with Gasteiger partial charge in [-0.25, -0.2) is 0 Å². The molecule has 124 valence electrons.